The summed E-state index contributed by atoms with van der Waals surface area (Å²) in [5.41, 5.74) is 0.336. The van der Waals surface area contributed by atoms with Crippen LogP contribution in [0.4, 0.5) is 0 Å². The summed E-state index contributed by atoms with van der Waals surface area (Å²) in [7, 11) is 0. The molecule has 0 aromatic heterocycles. The molecule has 0 aromatic carbocycles. The second-order valence-corrected chi connectivity index (χ2v) is 6.54. The fourth-order valence-electron chi connectivity index (χ4n) is 3.39. The Kier molecular flexibility index (Phi) is 4.11. The molecule has 0 bridgehead atoms. The standard InChI is InChI=1S/C14H29N3/c1-12(2)16-8-5-13(6-9-16)17-10-7-15-11-14(17,3)4/h12-13,15H,5-11H2,1-4H3. The molecule has 1 N–H and O–H groups in total. The lowest BCUT2D eigenvalue weighted by Crippen LogP contribution is -2.62. The Labute approximate surface area is 107 Å². The van der Waals surface area contributed by atoms with Gasteiger partial charge in [-0.1, -0.05) is 0 Å². The van der Waals surface area contributed by atoms with Gasteiger partial charge in [0.25, 0.3) is 0 Å². The third-order valence-electron chi connectivity index (χ3n) is 4.53. The number of rotatable bonds is 2. The number of piperazine rings is 1. The third kappa shape index (κ3) is 3.01. The molecule has 3 nitrogen and oxygen atoms in total. The Morgan fingerprint density at radius 2 is 1.76 bits per heavy atom. The SMILES string of the molecule is CC(C)N1CCC(N2CCNCC2(C)C)CC1. The van der Waals surface area contributed by atoms with Gasteiger partial charge in [-0.2, -0.15) is 0 Å². The molecule has 0 atom stereocenters. The predicted molar refractivity (Wildman–Crippen MR) is 73.4 cm³/mol. The highest BCUT2D eigenvalue weighted by molar-refractivity contribution is 4.94. The lowest BCUT2D eigenvalue weighted by atomic mass is 9.93. The van der Waals surface area contributed by atoms with E-state index in [-0.39, 0.29) is 0 Å². The summed E-state index contributed by atoms with van der Waals surface area (Å²) in [6, 6.07) is 1.52. The zero-order valence-corrected chi connectivity index (χ0v) is 12.0. The fourth-order valence-corrected chi connectivity index (χ4v) is 3.39. The van der Waals surface area contributed by atoms with Crippen LogP contribution in [0.1, 0.15) is 40.5 Å². The van der Waals surface area contributed by atoms with Gasteiger partial charge in [0.1, 0.15) is 0 Å². The zero-order chi connectivity index (χ0) is 12.5. The van der Waals surface area contributed by atoms with Crippen molar-refractivity contribution in [2.45, 2.75) is 58.2 Å². The maximum atomic E-state index is 3.52. The minimum Gasteiger partial charge on any atom is -0.314 e. The number of nitrogens with zero attached hydrogens (tertiary/aromatic N) is 2. The van der Waals surface area contributed by atoms with E-state index in [2.05, 4.69) is 42.8 Å². The molecule has 2 saturated heterocycles. The summed E-state index contributed by atoms with van der Waals surface area (Å²) in [5.74, 6) is 0. The third-order valence-corrected chi connectivity index (χ3v) is 4.53. The maximum Gasteiger partial charge on any atom is 0.0281 e. The normalized spacial score (nSPS) is 28.8. The molecule has 17 heavy (non-hydrogen) atoms. The van der Waals surface area contributed by atoms with Crippen molar-refractivity contribution >= 4 is 0 Å². The average molecular weight is 239 g/mol. The Hall–Kier alpha value is -0.120. The second-order valence-electron chi connectivity index (χ2n) is 6.54. The van der Waals surface area contributed by atoms with Crippen LogP contribution in [0, 0.1) is 0 Å². The number of piperidine rings is 1. The summed E-state index contributed by atoms with van der Waals surface area (Å²) < 4.78 is 0. The molecule has 0 aliphatic carbocycles. The van der Waals surface area contributed by atoms with Crippen molar-refractivity contribution in [2.24, 2.45) is 0 Å². The molecule has 0 amide bonds. The van der Waals surface area contributed by atoms with Crippen LogP contribution in [0.2, 0.25) is 0 Å². The first-order valence-corrected chi connectivity index (χ1v) is 7.22. The van der Waals surface area contributed by atoms with Gasteiger partial charge < -0.3 is 10.2 Å². The monoisotopic (exact) mass is 239 g/mol. The molecule has 0 unspecified atom stereocenters. The van der Waals surface area contributed by atoms with E-state index >= 15 is 0 Å². The molecule has 2 fully saturated rings. The summed E-state index contributed by atoms with van der Waals surface area (Å²) in [5, 5.41) is 3.52. The van der Waals surface area contributed by atoms with Crippen LogP contribution in [-0.2, 0) is 0 Å². The first kappa shape index (κ1) is 13.3. The van der Waals surface area contributed by atoms with Crippen LogP contribution in [0.5, 0.6) is 0 Å². The zero-order valence-electron chi connectivity index (χ0n) is 12.0. The molecule has 2 heterocycles. The van der Waals surface area contributed by atoms with Gasteiger partial charge in [-0.25, -0.2) is 0 Å². The molecule has 3 heteroatoms. The van der Waals surface area contributed by atoms with Gasteiger partial charge in [0.15, 0.2) is 0 Å². The van der Waals surface area contributed by atoms with Gasteiger partial charge in [-0.15, -0.1) is 0 Å². The molecule has 100 valence electrons. The van der Waals surface area contributed by atoms with Gasteiger partial charge in [0.05, 0.1) is 0 Å². The Morgan fingerprint density at radius 3 is 2.29 bits per heavy atom. The van der Waals surface area contributed by atoms with Gasteiger partial charge in [0.2, 0.25) is 0 Å². The van der Waals surface area contributed by atoms with Crippen molar-refractivity contribution in [1.82, 2.24) is 15.1 Å². The lowest BCUT2D eigenvalue weighted by molar-refractivity contribution is 0.00919. The van der Waals surface area contributed by atoms with Crippen LogP contribution in [0.3, 0.4) is 0 Å². The van der Waals surface area contributed by atoms with E-state index in [0.717, 1.165) is 19.1 Å². The molecular formula is C14H29N3. The molecular weight excluding hydrogens is 210 g/mol. The van der Waals surface area contributed by atoms with Crippen LogP contribution >= 0.6 is 0 Å². The summed E-state index contributed by atoms with van der Waals surface area (Å²) in [4.78, 5) is 5.37. The minimum atomic E-state index is 0.336. The largest absolute Gasteiger partial charge is 0.314 e. The molecule has 0 radical (unpaired) electrons. The van der Waals surface area contributed by atoms with Crippen molar-refractivity contribution < 1.29 is 0 Å². The van der Waals surface area contributed by atoms with Crippen molar-refractivity contribution in [3.05, 3.63) is 0 Å². The van der Waals surface area contributed by atoms with E-state index in [1.54, 1.807) is 0 Å². The van der Waals surface area contributed by atoms with E-state index < -0.39 is 0 Å². The lowest BCUT2D eigenvalue weighted by Gasteiger charge is -2.50. The number of likely N-dealkylation sites (tertiary alicyclic amines) is 1. The highest BCUT2D eigenvalue weighted by atomic mass is 15.3. The number of hydrogen-bond acceptors (Lipinski definition) is 3. The molecule has 0 saturated carbocycles. The van der Waals surface area contributed by atoms with Crippen molar-refractivity contribution in [2.75, 3.05) is 32.7 Å². The van der Waals surface area contributed by atoms with E-state index in [1.165, 1.54) is 32.5 Å². The topological polar surface area (TPSA) is 18.5 Å². The number of nitrogens with one attached hydrogen (secondary N) is 1. The van der Waals surface area contributed by atoms with Gasteiger partial charge >= 0.3 is 0 Å². The van der Waals surface area contributed by atoms with Gasteiger partial charge in [-0.05, 0) is 53.6 Å². The Bertz CT molecular complexity index is 242. The summed E-state index contributed by atoms with van der Waals surface area (Å²) >= 11 is 0. The minimum absolute atomic E-state index is 0.336. The first-order chi connectivity index (χ1) is 8.00. The average Bonchev–Trinajstić information content (AvgIpc) is 2.28. The van der Waals surface area contributed by atoms with Crippen LogP contribution in [0.25, 0.3) is 0 Å². The van der Waals surface area contributed by atoms with E-state index in [9.17, 15) is 0 Å². The van der Waals surface area contributed by atoms with E-state index in [4.69, 9.17) is 0 Å². The smallest absolute Gasteiger partial charge is 0.0281 e. The van der Waals surface area contributed by atoms with E-state index in [1.807, 2.05) is 0 Å². The second kappa shape index (κ2) is 5.25. The molecule has 0 spiro atoms. The Balaban J connectivity index is 1.91. The quantitative estimate of drug-likeness (QED) is 0.788. The van der Waals surface area contributed by atoms with E-state index in [0.29, 0.717) is 11.6 Å². The molecule has 2 aliphatic heterocycles. The predicted octanol–water partition coefficient (Wildman–Crippen LogP) is 1.54. The molecule has 0 aromatic rings. The van der Waals surface area contributed by atoms with Crippen molar-refractivity contribution in [3.63, 3.8) is 0 Å². The van der Waals surface area contributed by atoms with Crippen LogP contribution < -0.4 is 5.32 Å². The first-order valence-electron chi connectivity index (χ1n) is 7.22. The highest BCUT2D eigenvalue weighted by Gasteiger charge is 2.36. The highest BCUT2D eigenvalue weighted by Crippen LogP contribution is 2.26. The van der Waals surface area contributed by atoms with Gasteiger partial charge in [-0.3, -0.25) is 4.90 Å². The maximum absolute atomic E-state index is 3.52. The van der Waals surface area contributed by atoms with Crippen LogP contribution in [0.15, 0.2) is 0 Å². The summed E-state index contributed by atoms with van der Waals surface area (Å²) in [6.45, 7) is 15.5. The van der Waals surface area contributed by atoms with Crippen LogP contribution in [-0.4, -0.2) is 60.1 Å². The number of hydrogen-bond donors (Lipinski definition) is 1. The Morgan fingerprint density at radius 1 is 1.12 bits per heavy atom. The van der Waals surface area contributed by atoms with Crippen molar-refractivity contribution in [3.8, 4) is 0 Å². The molecule has 2 aliphatic rings. The van der Waals surface area contributed by atoms with Gasteiger partial charge in [0, 0.05) is 37.3 Å². The molecule has 2 rings (SSSR count). The fraction of sp³-hybridized carbons (Fsp3) is 1.00. The van der Waals surface area contributed by atoms with Crippen molar-refractivity contribution in [1.29, 1.82) is 0 Å². The summed E-state index contributed by atoms with van der Waals surface area (Å²) in [6.07, 6.45) is 2.70.